The molecule has 1 aromatic carbocycles. The van der Waals surface area contributed by atoms with E-state index in [4.69, 9.17) is 16.3 Å². The number of hydrogen-bond acceptors (Lipinski definition) is 2. The van der Waals surface area contributed by atoms with Crippen molar-refractivity contribution in [3.05, 3.63) is 33.3 Å². The van der Waals surface area contributed by atoms with Crippen LogP contribution in [0.2, 0.25) is 5.02 Å². The third kappa shape index (κ3) is 3.25. The van der Waals surface area contributed by atoms with Gasteiger partial charge in [0, 0.05) is 24.7 Å². The van der Waals surface area contributed by atoms with Gasteiger partial charge in [-0.25, -0.2) is 0 Å². The smallest absolute Gasteiger partial charge is 0.227 e. The molecule has 18 heavy (non-hydrogen) atoms. The minimum Gasteiger partial charge on any atom is -0.380 e. The van der Waals surface area contributed by atoms with E-state index in [-0.39, 0.29) is 12.0 Å². The molecule has 1 saturated heterocycles. The molecule has 1 fully saturated rings. The van der Waals surface area contributed by atoms with E-state index in [1.54, 1.807) is 13.2 Å². The van der Waals surface area contributed by atoms with Crippen LogP contribution >= 0.6 is 27.5 Å². The lowest BCUT2D eigenvalue weighted by molar-refractivity contribution is -0.129. The number of benzene rings is 1. The molecule has 0 saturated carbocycles. The first-order valence-corrected chi connectivity index (χ1v) is 7.01. The Morgan fingerprint density at radius 3 is 3.00 bits per heavy atom. The summed E-state index contributed by atoms with van der Waals surface area (Å²) in [6.07, 6.45) is 1.52. The van der Waals surface area contributed by atoms with Crippen LogP contribution in [0.5, 0.6) is 0 Å². The maximum atomic E-state index is 12.1. The van der Waals surface area contributed by atoms with Crippen molar-refractivity contribution in [1.82, 2.24) is 4.90 Å². The number of ether oxygens (including phenoxy) is 1. The average Bonchev–Trinajstić information content (AvgIpc) is 2.82. The van der Waals surface area contributed by atoms with Crippen LogP contribution in [-0.4, -0.2) is 37.1 Å². The maximum Gasteiger partial charge on any atom is 0.227 e. The summed E-state index contributed by atoms with van der Waals surface area (Å²) in [6.45, 7) is 1.48. The van der Waals surface area contributed by atoms with Crippen LogP contribution in [0.3, 0.4) is 0 Å². The van der Waals surface area contributed by atoms with Crippen LogP contribution in [0.1, 0.15) is 12.0 Å². The highest BCUT2D eigenvalue weighted by molar-refractivity contribution is 9.10. The van der Waals surface area contributed by atoms with Gasteiger partial charge in [0.25, 0.3) is 0 Å². The molecule has 5 heteroatoms. The lowest BCUT2D eigenvalue weighted by Gasteiger charge is -2.16. The first-order chi connectivity index (χ1) is 8.60. The molecule has 0 aliphatic carbocycles. The number of likely N-dealkylation sites (tertiary alicyclic amines) is 1. The van der Waals surface area contributed by atoms with Gasteiger partial charge >= 0.3 is 0 Å². The van der Waals surface area contributed by atoms with E-state index in [9.17, 15) is 4.79 Å². The molecular formula is C13H15BrClNO2. The first kappa shape index (κ1) is 13.8. The standard InChI is InChI=1S/C13H15BrClNO2/c1-18-10-4-5-16(8-10)13(17)7-9-2-3-12(15)11(14)6-9/h2-3,6,10H,4-5,7-8H2,1H3/t10-/m1/s1. The van der Waals surface area contributed by atoms with E-state index in [2.05, 4.69) is 15.9 Å². The summed E-state index contributed by atoms with van der Waals surface area (Å²) in [5.41, 5.74) is 0.970. The predicted molar refractivity (Wildman–Crippen MR) is 74.9 cm³/mol. The van der Waals surface area contributed by atoms with E-state index >= 15 is 0 Å². The number of rotatable bonds is 3. The molecule has 1 heterocycles. The fourth-order valence-corrected chi connectivity index (χ4v) is 2.63. The summed E-state index contributed by atoms with van der Waals surface area (Å²) in [5.74, 6) is 0.142. The van der Waals surface area contributed by atoms with Crippen LogP contribution in [0, 0.1) is 0 Å². The average molecular weight is 333 g/mol. The van der Waals surface area contributed by atoms with Crippen molar-refractivity contribution in [2.45, 2.75) is 18.9 Å². The second-order valence-electron chi connectivity index (χ2n) is 4.41. The molecule has 0 radical (unpaired) electrons. The summed E-state index contributed by atoms with van der Waals surface area (Å²) in [6, 6.07) is 5.58. The van der Waals surface area contributed by atoms with Gasteiger partial charge in [-0.05, 0) is 40.0 Å². The normalized spacial score (nSPS) is 19.3. The van der Waals surface area contributed by atoms with E-state index in [0.29, 0.717) is 18.0 Å². The number of carbonyl (C=O) groups is 1. The number of hydrogen-bond donors (Lipinski definition) is 0. The zero-order chi connectivity index (χ0) is 13.1. The van der Waals surface area contributed by atoms with Crippen LogP contribution < -0.4 is 0 Å². The highest BCUT2D eigenvalue weighted by atomic mass is 79.9. The Hall–Kier alpha value is -0.580. The minimum absolute atomic E-state index is 0.142. The van der Waals surface area contributed by atoms with Crippen LogP contribution in [0.25, 0.3) is 0 Å². The molecular weight excluding hydrogens is 318 g/mol. The molecule has 2 rings (SSSR count). The molecule has 0 unspecified atom stereocenters. The first-order valence-electron chi connectivity index (χ1n) is 5.84. The molecule has 0 aromatic heterocycles. The molecule has 1 atom stereocenters. The fourth-order valence-electron chi connectivity index (χ4n) is 2.08. The van der Waals surface area contributed by atoms with Gasteiger partial charge in [-0.15, -0.1) is 0 Å². The number of nitrogens with zero attached hydrogens (tertiary/aromatic N) is 1. The topological polar surface area (TPSA) is 29.5 Å². The third-order valence-electron chi connectivity index (χ3n) is 3.17. The summed E-state index contributed by atoms with van der Waals surface area (Å²) < 4.78 is 6.08. The quantitative estimate of drug-likeness (QED) is 0.852. The van der Waals surface area contributed by atoms with Gasteiger partial charge in [0.15, 0.2) is 0 Å². The molecule has 98 valence electrons. The Labute approximate surface area is 120 Å². The number of halogens is 2. The highest BCUT2D eigenvalue weighted by Crippen LogP contribution is 2.24. The van der Waals surface area contributed by atoms with Crippen molar-refractivity contribution in [3.8, 4) is 0 Å². The van der Waals surface area contributed by atoms with Crippen LogP contribution in [-0.2, 0) is 16.0 Å². The van der Waals surface area contributed by atoms with Crippen LogP contribution in [0.15, 0.2) is 22.7 Å². The van der Waals surface area contributed by atoms with Crippen molar-refractivity contribution in [2.75, 3.05) is 20.2 Å². The lowest BCUT2D eigenvalue weighted by atomic mass is 10.1. The summed E-state index contributed by atoms with van der Waals surface area (Å²) >= 11 is 9.29. The molecule has 1 aliphatic rings. The lowest BCUT2D eigenvalue weighted by Crippen LogP contribution is -2.31. The molecule has 3 nitrogen and oxygen atoms in total. The van der Waals surface area contributed by atoms with Gasteiger partial charge in [0.1, 0.15) is 0 Å². The largest absolute Gasteiger partial charge is 0.380 e. The SMILES string of the molecule is CO[C@@H]1CCN(C(=O)Cc2ccc(Cl)c(Br)c2)C1. The predicted octanol–water partition coefficient (Wildman–Crippen LogP) is 2.89. The van der Waals surface area contributed by atoms with Gasteiger partial charge in [-0.1, -0.05) is 17.7 Å². The Bertz CT molecular complexity index is 453. The monoisotopic (exact) mass is 331 g/mol. The molecule has 0 bridgehead atoms. The van der Waals surface area contributed by atoms with Crippen molar-refractivity contribution in [1.29, 1.82) is 0 Å². The molecule has 1 amide bonds. The number of methoxy groups -OCH3 is 1. The fraction of sp³-hybridized carbons (Fsp3) is 0.462. The van der Waals surface area contributed by atoms with E-state index in [1.165, 1.54) is 0 Å². The number of amides is 1. The van der Waals surface area contributed by atoms with Gasteiger partial charge in [0.05, 0.1) is 17.5 Å². The second kappa shape index (κ2) is 6.04. The maximum absolute atomic E-state index is 12.1. The molecule has 0 N–H and O–H groups in total. The van der Waals surface area contributed by atoms with Crippen LogP contribution in [0.4, 0.5) is 0 Å². The highest BCUT2D eigenvalue weighted by Gasteiger charge is 2.25. The van der Waals surface area contributed by atoms with E-state index < -0.39 is 0 Å². The number of carbonyl (C=O) groups excluding carboxylic acids is 1. The summed E-state index contributed by atoms with van der Waals surface area (Å²) in [4.78, 5) is 14.0. The van der Waals surface area contributed by atoms with Gasteiger partial charge in [-0.3, -0.25) is 4.79 Å². The van der Waals surface area contributed by atoms with Gasteiger partial charge in [-0.2, -0.15) is 0 Å². The van der Waals surface area contributed by atoms with Crippen molar-refractivity contribution >= 4 is 33.4 Å². The zero-order valence-electron chi connectivity index (χ0n) is 10.2. The Morgan fingerprint density at radius 1 is 1.61 bits per heavy atom. The molecule has 0 spiro atoms. The van der Waals surface area contributed by atoms with E-state index in [0.717, 1.165) is 23.0 Å². The van der Waals surface area contributed by atoms with Crippen molar-refractivity contribution in [3.63, 3.8) is 0 Å². The summed E-state index contributed by atoms with van der Waals surface area (Å²) in [5, 5.41) is 0.659. The second-order valence-corrected chi connectivity index (χ2v) is 5.67. The van der Waals surface area contributed by atoms with Gasteiger partial charge < -0.3 is 9.64 Å². The Morgan fingerprint density at radius 2 is 2.39 bits per heavy atom. The molecule has 1 aliphatic heterocycles. The zero-order valence-corrected chi connectivity index (χ0v) is 12.5. The third-order valence-corrected chi connectivity index (χ3v) is 4.38. The van der Waals surface area contributed by atoms with Gasteiger partial charge in [0.2, 0.25) is 5.91 Å². The van der Waals surface area contributed by atoms with Crippen molar-refractivity contribution in [2.24, 2.45) is 0 Å². The summed E-state index contributed by atoms with van der Waals surface area (Å²) in [7, 11) is 1.69. The van der Waals surface area contributed by atoms with Crippen molar-refractivity contribution < 1.29 is 9.53 Å². The van der Waals surface area contributed by atoms with E-state index in [1.807, 2.05) is 17.0 Å². The minimum atomic E-state index is 0.142. The Balaban J connectivity index is 1.97. The molecule has 1 aromatic rings. The Kier molecular flexibility index (Phi) is 4.65.